The van der Waals surface area contributed by atoms with Crippen molar-refractivity contribution in [2.24, 2.45) is 5.41 Å². The first-order chi connectivity index (χ1) is 9.64. The minimum absolute atomic E-state index is 0.0328. The Balaban J connectivity index is 1.94. The third kappa shape index (κ3) is 3.81. The van der Waals surface area contributed by atoms with Crippen LogP contribution in [0, 0.1) is 5.41 Å². The molecule has 110 valence electrons. The summed E-state index contributed by atoms with van der Waals surface area (Å²) in [5, 5.41) is 15.8. The van der Waals surface area contributed by atoms with Crippen molar-refractivity contribution in [3.05, 3.63) is 35.9 Å². The lowest BCUT2D eigenvalue weighted by Crippen LogP contribution is -2.50. The quantitative estimate of drug-likeness (QED) is 0.754. The number of nitrogens with one attached hydrogen (secondary N) is 2. The summed E-state index contributed by atoms with van der Waals surface area (Å²) in [6, 6.07) is 9.73. The smallest absolute Gasteiger partial charge is 0.226 e. The molecule has 1 aromatic rings. The average molecular weight is 276 g/mol. The van der Waals surface area contributed by atoms with Crippen molar-refractivity contribution in [2.45, 2.75) is 32.2 Å². The zero-order chi connectivity index (χ0) is 14.4. The van der Waals surface area contributed by atoms with Gasteiger partial charge >= 0.3 is 0 Å². The second-order valence-electron chi connectivity index (χ2n) is 5.85. The lowest BCUT2D eigenvalue weighted by molar-refractivity contribution is -0.132. The number of carbonyl (C=O) groups excluding carboxylic acids is 1. The first kappa shape index (κ1) is 15.0. The number of rotatable bonds is 5. The average Bonchev–Trinajstić information content (AvgIpc) is 2.48. The molecule has 0 aromatic heterocycles. The van der Waals surface area contributed by atoms with Gasteiger partial charge in [-0.25, -0.2) is 0 Å². The molecule has 3 N–H and O–H groups in total. The highest BCUT2D eigenvalue weighted by molar-refractivity contribution is 5.82. The first-order valence-electron chi connectivity index (χ1n) is 7.30. The standard InChI is InChI=1S/C16H24N2O2/c1-16(7-9-17-10-8-16)15(20)18-14(12-19)11-13-5-3-2-4-6-13/h2-6,14,17,19H,7-12H2,1H3,(H,18,20)/t14-/m1/s1. The van der Waals surface area contributed by atoms with Gasteiger partial charge in [0.05, 0.1) is 12.6 Å². The number of carbonyl (C=O) groups is 1. The van der Waals surface area contributed by atoms with Gasteiger partial charge in [0.1, 0.15) is 0 Å². The highest BCUT2D eigenvalue weighted by atomic mass is 16.3. The van der Waals surface area contributed by atoms with Crippen LogP contribution in [0.3, 0.4) is 0 Å². The van der Waals surface area contributed by atoms with Gasteiger partial charge in [0.25, 0.3) is 0 Å². The molecule has 0 spiro atoms. The van der Waals surface area contributed by atoms with E-state index in [1.807, 2.05) is 37.3 Å². The van der Waals surface area contributed by atoms with Gasteiger partial charge in [0, 0.05) is 5.41 Å². The van der Waals surface area contributed by atoms with E-state index in [0.29, 0.717) is 6.42 Å². The molecule has 0 saturated carbocycles. The van der Waals surface area contributed by atoms with Crippen molar-refractivity contribution < 1.29 is 9.90 Å². The number of benzene rings is 1. The minimum Gasteiger partial charge on any atom is -0.394 e. The predicted molar refractivity (Wildman–Crippen MR) is 79.4 cm³/mol. The fourth-order valence-electron chi connectivity index (χ4n) is 2.63. The van der Waals surface area contributed by atoms with Crippen LogP contribution < -0.4 is 10.6 Å². The van der Waals surface area contributed by atoms with Gasteiger partial charge in [-0.05, 0) is 37.9 Å². The Morgan fingerprint density at radius 2 is 2.00 bits per heavy atom. The summed E-state index contributed by atoms with van der Waals surface area (Å²) in [6.45, 7) is 3.74. The Kier molecular flexibility index (Phi) is 5.15. The Morgan fingerprint density at radius 3 is 2.60 bits per heavy atom. The van der Waals surface area contributed by atoms with E-state index in [9.17, 15) is 9.90 Å². The van der Waals surface area contributed by atoms with Crippen LogP contribution in [0.4, 0.5) is 0 Å². The lowest BCUT2D eigenvalue weighted by Gasteiger charge is -2.34. The van der Waals surface area contributed by atoms with Gasteiger partial charge in [-0.1, -0.05) is 37.3 Å². The molecule has 0 unspecified atom stereocenters. The van der Waals surface area contributed by atoms with Crippen LogP contribution in [0.15, 0.2) is 30.3 Å². The van der Waals surface area contributed by atoms with Gasteiger partial charge in [-0.15, -0.1) is 0 Å². The van der Waals surface area contributed by atoms with Gasteiger partial charge < -0.3 is 15.7 Å². The Hall–Kier alpha value is -1.39. The van der Waals surface area contributed by atoms with E-state index in [2.05, 4.69) is 10.6 Å². The van der Waals surface area contributed by atoms with E-state index in [1.165, 1.54) is 0 Å². The van der Waals surface area contributed by atoms with Crippen molar-refractivity contribution in [3.8, 4) is 0 Å². The van der Waals surface area contributed by atoms with Gasteiger partial charge in [0.15, 0.2) is 0 Å². The molecule has 1 saturated heterocycles. The second kappa shape index (κ2) is 6.86. The van der Waals surface area contributed by atoms with Crippen LogP contribution in [0.2, 0.25) is 0 Å². The normalized spacial score (nSPS) is 19.3. The molecule has 0 radical (unpaired) electrons. The Bertz CT molecular complexity index is 427. The molecule has 1 atom stereocenters. The third-order valence-corrected chi connectivity index (χ3v) is 4.14. The van der Waals surface area contributed by atoms with E-state index in [4.69, 9.17) is 0 Å². The molecule has 0 aliphatic carbocycles. The topological polar surface area (TPSA) is 61.4 Å². The number of amides is 1. The number of piperidine rings is 1. The number of aliphatic hydroxyl groups excluding tert-OH is 1. The maximum absolute atomic E-state index is 12.4. The molecular formula is C16H24N2O2. The molecular weight excluding hydrogens is 252 g/mol. The van der Waals surface area contributed by atoms with E-state index in [0.717, 1.165) is 31.5 Å². The monoisotopic (exact) mass is 276 g/mol. The molecule has 1 aliphatic heterocycles. The van der Waals surface area contributed by atoms with Crippen LogP contribution in [0.25, 0.3) is 0 Å². The zero-order valence-corrected chi connectivity index (χ0v) is 12.1. The molecule has 0 bridgehead atoms. The largest absolute Gasteiger partial charge is 0.394 e. The molecule has 1 aromatic carbocycles. The summed E-state index contributed by atoms with van der Waals surface area (Å²) < 4.78 is 0. The highest BCUT2D eigenvalue weighted by Crippen LogP contribution is 2.28. The molecule has 4 nitrogen and oxygen atoms in total. The summed E-state index contributed by atoms with van der Waals surface area (Å²) in [5.41, 5.74) is 0.817. The molecule has 2 rings (SSSR count). The van der Waals surface area contributed by atoms with Crippen LogP contribution in [0.1, 0.15) is 25.3 Å². The first-order valence-corrected chi connectivity index (χ1v) is 7.30. The number of aliphatic hydroxyl groups is 1. The van der Waals surface area contributed by atoms with Crippen molar-refractivity contribution in [1.82, 2.24) is 10.6 Å². The SMILES string of the molecule is CC1(C(=O)N[C@@H](CO)Cc2ccccc2)CCNCC1. The van der Waals surface area contributed by atoms with Gasteiger partial charge in [-0.3, -0.25) is 4.79 Å². The Morgan fingerprint density at radius 1 is 1.35 bits per heavy atom. The summed E-state index contributed by atoms with van der Waals surface area (Å²) in [6.07, 6.45) is 2.36. The molecule has 4 heteroatoms. The number of hydrogen-bond donors (Lipinski definition) is 3. The van der Waals surface area contributed by atoms with Crippen molar-refractivity contribution in [1.29, 1.82) is 0 Å². The van der Waals surface area contributed by atoms with Crippen LogP contribution in [-0.2, 0) is 11.2 Å². The predicted octanol–water partition coefficient (Wildman–Crippen LogP) is 1.10. The van der Waals surface area contributed by atoms with E-state index >= 15 is 0 Å². The highest BCUT2D eigenvalue weighted by Gasteiger charge is 2.35. The molecule has 20 heavy (non-hydrogen) atoms. The van der Waals surface area contributed by atoms with Gasteiger partial charge in [-0.2, -0.15) is 0 Å². The third-order valence-electron chi connectivity index (χ3n) is 4.14. The van der Waals surface area contributed by atoms with Crippen molar-refractivity contribution in [3.63, 3.8) is 0 Å². The maximum Gasteiger partial charge on any atom is 0.226 e. The fourth-order valence-corrected chi connectivity index (χ4v) is 2.63. The zero-order valence-electron chi connectivity index (χ0n) is 12.1. The maximum atomic E-state index is 12.4. The summed E-state index contributed by atoms with van der Waals surface area (Å²) in [7, 11) is 0. The van der Waals surface area contributed by atoms with Crippen LogP contribution in [0.5, 0.6) is 0 Å². The lowest BCUT2D eigenvalue weighted by atomic mass is 9.80. The molecule has 1 heterocycles. The molecule has 1 amide bonds. The van der Waals surface area contributed by atoms with E-state index in [1.54, 1.807) is 0 Å². The minimum atomic E-state index is -0.310. The van der Waals surface area contributed by atoms with Crippen molar-refractivity contribution in [2.75, 3.05) is 19.7 Å². The second-order valence-corrected chi connectivity index (χ2v) is 5.85. The van der Waals surface area contributed by atoms with Crippen LogP contribution >= 0.6 is 0 Å². The summed E-state index contributed by atoms with van der Waals surface area (Å²) in [5.74, 6) is 0.0639. The summed E-state index contributed by atoms with van der Waals surface area (Å²) >= 11 is 0. The van der Waals surface area contributed by atoms with Crippen LogP contribution in [-0.4, -0.2) is 36.8 Å². The van der Waals surface area contributed by atoms with Crippen molar-refractivity contribution >= 4 is 5.91 Å². The van der Waals surface area contributed by atoms with Gasteiger partial charge in [0.2, 0.25) is 5.91 Å². The number of hydrogen-bond acceptors (Lipinski definition) is 3. The van der Waals surface area contributed by atoms with E-state index < -0.39 is 0 Å². The Labute approximate surface area is 120 Å². The van der Waals surface area contributed by atoms with E-state index in [-0.39, 0.29) is 24.0 Å². The molecule has 1 aliphatic rings. The molecule has 1 fully saturated rings. The fraction of sp³-hybridized carbons (Fsp3) is 0.562. The summed E-state index contributed by atoms with van der Waals surface area (Å²) in [4.78, 5) is 12.4.